The summed E-state index contributed by atoms with van der Waals surface area (Å²) in [5.41, 5.74) is 2.12. The van der Waals surface area contributed by atoms with Gasteiger partial charge in [0.1, 0.15) is 11.6 Å². The monoisotopic (exact) mass is 357 g/mol. The van der Waals surface area contributed by atoms with E-state index in [1.54, 1.807) is 19.2 Å². The zero-order valence-corrected chi connectivity index (χ0v) is 15.0. The zero-order chi connectivity index (χ0) is 18.4. The van der Waals surface area contributed by atoms with Crippen molar-refractivity contribution in [3.05, 3.63) is 59.9 Å². The first kappa shape index (κ1) is 18.0. The van der Waals surface area contributed by atoms with Crippen molar-refractivity contribution in [2.45, 2.75) is 6.42 Å². The van der Waals surface area contributed by atoms with Gasteiger partial charge in [-0.3, -0.25) is 0 Å². The maximum atomic E-state index is 13.0. The first-order chi connectivity index (χ1) is 12.7. The highest BCUT2D eigenvalue weighted by molar-refractivity contribution is 5.74. The SMILES string of the molecule is COc1cccc(CCNC(=O)N2CCN(c3ccc(F)cc3)CC2)c1. The summed E-state index contributed by atoms with van der Waals surface area (Å²) in [6.07, 6.45) is 0.762. The molecule has 0 saturated carbocycles. The van der Waals surface area contributed by atoms with E-state index in [9.17, 15) is 9.18 Å². The Hall–Kier alpha value is -2.76. The lowest BCUT2D eigenvalue weighted by Gasteiger charge is -2.36. The van der Waals surface area contributed by atoms with E-state index in [2.05, 4.69) is 10.2 Å². The van der Waals surface area contributed by atoms with Crippen molar-refractivity contribution in [2.24, 2.45) is 0 Å². The van der Waals surface area contributed by atoms with Gasteiger partial charge in [-0.15, -0.1) is 0 Å². The molecule has 1 aliphatic rings. The highest BCUT2D eigenvalue weighted by atomic mass is 19.1. The van der Waals surface area contributed by atoms with E-state index in [1.165, 1.54) is 12.1 Å². The minimum Gasteiger partial charge on any atom is -0.497 e. The second-order valence-electron chi connectivity index (χ2n) is 6.28. The number of nitrogens with one attached hydrogen (secondary N) is 1. The Kier molecular flexibility index (Phi) is 5.94. The van der Waals surface area contributed by atoms with Gasteiger partial charge < -0.3 is 19.9 Å². The summed E-state index contributed by atoms with van der Waals surface area (Å²) < 4.78 is 18.2. The average molecular weight is 357 g/mol. The van der Waals surface area contributed by atoms with Crippen molar-refractivity contribution in [1.29, 1.82) is 0 Å². The normalized spacial score (nSPS) is 14.2. The van der Waals surface area contributed by atoms with Crippen LogP contribution in [0.15, 0.2) is 48.5 Å². The first-order valence-electron chi connectivity index (χ1n) is 8.82. The maximum absolute atomic E-state index is 13.0. The van der Waals surface area contributed by atoms with Crippen molar-refractivity contribution in [3.8, 4) is 5.75 Å². The molecule has 0 radical (unpaired) electrons. The molecule has 0 unspecified atom stereocenters. The molecule has 0 spiro atoms. The number of halogens is 1. The molecule has 26 heavy (non-hydrogen) atoms. The predicted octanol–water partition coefficient (Wildman–Crippen LogP) is 2.91. The summed E-state index contributed by atoms with van der Waals surface area (Å²) in [6.45, 7) is 3.39. The minimum atomic E-state index is -0.234. The van der Waals surface area contributed by atoms with Gasteiger partial charge >= 0.3 is 6.03 Å². The van der Waals surface area contributed by atoms with Crippen LogP contribution in [0.5, 0.6) is 5.75 Å². The van der Waals surface area contributed by atoms with Gasteiger partial charge in [-0.1, -0.05) is 12.1 Å². The third-order valence-corrected chi connectivity index (χ3v) is 4.58. The molecule has 138 valence electrons. The van der Waals surface area contributed by atoms with Crippen LogP contribution in [-0.4, -0.2) is 50.8 Å². The van der Waals surface area contributed by atoms with Crippen LogP contribution in [-0.2, 0) is 6.42 Å². The number of anilines is 1. The van der Waals surface area contributed by atoms with Crippen LogP contribution in [0.25, 0.3) is 0 Å². The second-order valence-corrected chi connectivity index (χ2v) is 6.28. The topological polar surface area (TPSA) is 44.8 Å². The zero-order valence-electron chi connectivity index (χ0n) is 15.0. The fourth-order valence-electron chi connectivity index (χ4n) is 3.07. The van der Waals surface area contributed by atoms with Gasteiger partial charge in [0.25, 0.3) is 0 Å². The molecule has 2 aromatic rings. The second kappa shape index (κ2) is 8.56. The number of nitrogens with zero attached hydrogens (tertiary/aromatic N) is 2. The lowest BCUT2D eigenvalue weighted by molar-refractivity contribution is 0.194. The number of carbonyl (C=O) groups is 1. The number of methoxy groups -OCH3 is 1. The van der Waals surface area contributed by atoms with Crippen molar-refractivity contribution in [3.63, 3.8) is 0 Å². The van der Waals surface area contributed by atoms with Crippen molar-refractivity contribution >= 4 is 11.7 Å². The Morgan fingerprint density at radius 3 is 2.54 bits per heavy atom. The summed E-state index contributed by atoms with van der Waals surface area (Å²) in [6, 6.07) is 14.3. The summed E-state index contributed by atoms with van der Waals surface area (Å²) in [5, 5.41) is 2.98. The Morgan fingerprint density at radius 1 is 1.12 bits per heavy atom. The number of rotatable bonds is 5. The fraction of sp³-hybridized carbons (Fsp3) is 0.350. The molecule has 1 fully saturated rings. The van der Waals surface area contributed by atoms with Gasteiger partial charge in [-0.2, -0.15) is 0 Å². The third-order valence-electron chi connectivity index (χ3n) is 4.58. The van der Waals surface area contributed by atoms with E-state index in [4.69, 9.17) is 4.74 Å². The van der Waals surface area contributed by atoms with Crippen LogP contribution < -0.4 is 15.0 Å². The molecule has 3 rings (SSSR count). The van der Waals surface area contributed by atoms with Crippen LogP contribution in [0.2, 0.25) is 0 Å². The predicted molar refractivity (Wildman–Crippen MR) is 100 cm³/mol. The molecular weight excluding hydrogens is 333 g/mol. The van der Waals surface area contributed by atoms with Gasteiger partial charge in [-0.05, 0) is 48.4 Å². The van der Waals surface area contributed by atoms with Crippen molar-refractivity contribution < 1.29 is 13.9 Å². The summed E-state index contributed by atoms with van der Waals surface area (Å²) in [5.74, 6) is 0.591. The number of ether oxygens (including phenoxy) is 1. The van der Waals surface area contributed by atoms with Crippen LogP contribution in [0, 0.1) is 5.82 Å². The van der Waals surface area contributed by atoms with E-state index in [-0.39, 0.29) is 11.8 Å². The van der Waals surface area contributed by atoms with Gasteiger partial charge in [-0.25, -0.2) is 9.18 Å². The Balaban J connectivity index is 1.42. The molecule has 1 N–H and O–H groups in total. The van der Waals surface area contributed by atoms with Gasteiger partial charge in [0.05, 0.1) is 7.11 Å². The number of hydrogen-bond donors (Lipinski definition) is 1. The van der Waals surface area contributed by atoms with Gasteiger partial charge in [0, 0.05) is 38.4 Å². The number of urea groups is 1. The van der Waals surface area contributed by atoms with E-state index in [0.717, 1.165) is 36.5 Å². The standard InChI is InChI=1S/C20H24FN3O2/c1-26-19-4-2-3-16(15-19)9-10-22-20(25)24-13-11-23(12-14-24)18-7-5-17(21)6-8-18/h2-8,15H,9-14H2,1H3,(H,22,25). The highest BCUT2D eigenvalue weighted by Gasteiger charge is 2.20. The third kappa shape index (κ3) is 4.65. The Bertz CT molecular complexity index is 728. The lowest BCUT2D eigenvalue weighted by Crippen LogP contribution is -2.52. The van der Waals surface area contributed by atoms with Crippen LogP contribution in [0.3, 0.4) is 0 Å². The van der Waals surface area contributed by atoms with Crippen LogP contribution in [0.4, 0.5) is 14.9 Å². The fourth-order valence-corrected chi connectivity index (χ4v) is 3.07. The molecule has 1 aliphatic heterocycles. The highest BCUT2D eigenvalue weighted by Crippen LogP contribution is 2.17. The van der Waals surface area contributed by atoms with E-state index in [1.807, 2.05) is 29.2 Å². The number of benzene rings is 2. The van der Waals surface area contributed by atoms with Gasteiger partial charge in [0.2, 0.25) is 0 Å². The summed E-state index contributed by atoms with van der Waals surface area (Å²) >= 11 is 0. The number of carbonyl (C=O) groups excluding carboxylic acids is 1. The number of amides is 2. The molecule has 0 bridgehead atoms. The van der Waals surface area contributed by atoms with E-state index in [0.29, 0.717) is 19.6 Å². The molecule has 0 aliphatic carbocycles. The molecule has 6 heteroatoms. The maximum Gasteiger partial charge on any atom is 0.317 e. The van der Waals surface area contributed by atoms with E-state index >= 15 is 0 Å². The molecule has 1 heterocycles. The molecule has 5 nitrogen and oxygen atoms in total. The molecular formula is C20H24FN3O2. The molecule has 2 aromatic carbocycles. The Labute approximate surface area is 153 Å². The van der Waals surface area contributed by atoms with Crippen LogP contribution >= 0.6 is 0 Å². The number of piperazine rings is 1. The minimum absolute atomic E-state index is 0.0355. The van der Waals surface area contributed by atoms with Gasteiger partial charge in [0.15, 0.2) is 0 Å². The smallest absolute Gasteiger partial charge is 0.317 e. The Morgan fingerprint density at radius 2 is 1.85 bits per heavy atom. The number of hydrogen-bond acceptors (Lipinski definition) is 3. The average Bonchev–Trinajstić information content (AvgIpc) is 2.69. The molecule has 0 atom stereocenters. The molecule has 0 aromatic heterocycles. The van der Waals surface area contributed by atoms with Crippen LogP contribution in [0.1, 0.15) is 5.56 Å². The summed E-state index contributed by atoms with van der Waals surface area (Å²) in [7, 11) is 1.65. The largest absolute Gasteiger partial charge is 0.497 e. The quantitative estimate of drug-likeness (QED) is 0.895. The first-order valence-corrected chi connectivity index (χ1v) is 8.82. The van der Waals surface area contributed by atoms with Crippen molar-refractivity contribution in [2.75, 3.05) is 44.7 Å². The lowest BCUT2D eigenvalue weighted by atomic mass is 10.1. The van der Waals surface area contributed by atoms with E-state index < -0.39 is 0 Å². The molecule has 2 amide bonds. The molecule has 1 saturated heterocycles. The summed E-state index contributed by atoms with van der Waals surface area (Å²) in [4.78, 5) is 16.3. The van der Waals surface area contributed by atoms with Crippen molar-refractivity contribution in [1.82, 2.24) is 10.2 Å².